The van der Waals surface area contributed by atoms with Gasteiger partial charge in [0.1, 0.15) is 4.90 Å². The molecule has 1 rings (SSSR count). The van der Waals surface area contributed by atoms with Crippen LogP contribution >= 0.6 is 23.4 Å². The normalized spacial score (nSPS) is 13.5. The van der Waals surface area contributed by atoms with E-state index in [2.05, 4.69) is 21.6 Å². The lowest BCUT2D eigenvalue weighted by molar-refractivity contribution is 0.556. The number of halogens is 1. The van der Waals surface area contributed by atoms with E-state index >= 15 is 0 Å². The molecule has 0 bridgehead atoms. The fraction of sp³-hybridized carbons (Fsp3) is 0.600. The van der Waals surface area contributed by atoms with Crippen molar-refractivity contribution in [1.82, 2.24) is 14.7 Å². The monoisotopic (exact) mass is 309 g/mol. The topological polar surface area (TPSA) is 72.0 Å². The van der Waals surface area contributed by atoms with E-state index in [4.69, 9.17) is 11.6 Å². The van der Waals surface area contributed by atoms with Crippen molar-refractivity contribution < 1.29 is 8.42 Å². The van der Waals surface area contributed by atoms with E-state index < -0.39 is 10.0 Å². The summed E-state index contributed by atoms with van der Waals surface area (Å²) in [6.45, 7) is 3.91. The first kappa shape index (κ1) is 15.7. The molecule has 0 aliphatic rings. The van der Waals surface area contributed by atoms with Crippen LogP contribution in [0.4, 0.5) is 0 Å². The molecule has 102 valence electrons. The van der Waals surface area contributed by atoms with Crippen LogP contribution in [-0.4, -0.2) is 35.9 Å². The predicted molar refractivity (Wildman–Crippen MR) is 74.4 cm³/mol. The fourth-order valence-electron chi connectivity index (χ4n) is 1.24. The smallest absolute Gasteiger partial charge is 0.225 e. The molecular formula is C10H16ClN3O2S2. The van der Waals surface area contributed by atoms with Gasteiger partial charge in [-0.25, -0.2) is 23.1 Å². The van der Waals surface area contributed by atoms with Crippen molar-refractivity contribution in [3.63, 3.8) is 0 Å². The molecule has 0 saturated heterocycles. The van der Waals surface area contributed by atoms with Gasteiger partial charge in [0.05, 0.1) is 12.4 Å². The maximum atomic E-state index is 11.9. The molecule has 1 aromatic heterocycles. The second-order valence-electron chi connectivity index (χ2n) is 3.70. The minimum Gasteiger partial charge on any atom is -0.225 e. The molecule has 0 saturated carbocycles. The van der Waals surface area contributed by atoms with Crippen LogP contribution in [-0.2, 0) is 10.0 Å². The Morgan fingerprint density at radius 2 is 2.06 bits per heavy atom. The van der Waals surface area contributed by atoms with Gasteiger partial charge < -0.3 is 0 Å². The van der Waals surface area contributed by atoms with Crippen molar-refractivity contribution in [1.29, 1.82) is 0 Å². The van der Waals surface area contributed by atoms with Crippen molar-refractivity contribution in [3.8, 4) is 0 Å². The summed E-state index contributed by atoms with van der Waals surface area (Å²) >= 11 is 7.30. The van der Waals surface area contributed by atoms with Gasteiger partial charge in [0, 0.05) is 6.04 Å². The molecule has 0 spiro atoms. The zero-order chi connectivity index (χ0) is 13.6. The molecule has 0 aliphatic heterocycles. The number of nitrogens with one attached hydrogen (secondary N) is 1. The highest BCUT2D eigenvalue weighted by Crippen LogP contribution is 2.10. The van der Waals surface area contributed by atoms with Gasteiger partial charge in [0.2, 0.25) is 15.3 Å². The van der Waals surface area contributed by atoms with Gasteiger partial charge in [-0.1, -0.05) is 6.92 Å². The van der Waals surface area contributed by atoms with Crippen LogP contribution in [0.1, 0.15) is 20.3 Å². The van der Waals surface area contributed by atoms with E-state index in [9.17, 15) is 8.42 Å². The molecule has 1 heterocycles. The minimum absolute atomic E-state index is 0.0290. The molecule has 0 aromatic carbocycles. The summed E-state index contributed by atoms with van der Waals surface area (Å²) in [7, 11) is -3.56. The Kier molecular flexibility index (Phi) is 6.34. The Bertz CT molecular complexity index is 465. The van der Waals surface area contributed by atoms with Crippen LogP contribution in [0.25, 0.3) is 0 Å². The molecule has 1 N–H and O–H groups in total. The SMILES string of the molecule is CCSCCC(C)NS(=O)(=O)c1cnc(Cl)nc1. The number of hydrogen-bond donors (Lipinski definition) is 1. The highest BCUT2D eigenvalue weighted by Gasteiger charge is 2.17. The maximum Gasteiger partial charge on any atom is 0.243 e. The first-order chi connectivity index (χ1) is 8.45. The summed E-state index contributed by atoms with van der Waals surface area (Å²) < 4.78 is 26.5. The number of rotatable bonds is 7. The minimum atomic E-state index is -3.56. The number of sulfonamides is 1. The lowest BCUT2D eigenvalue weighted by atomic mass is 10.3. The number of aromatic nitrogens is 2. The molecule has 1 unspecified atom stereocenters. The first-order valence-electron chi connectivity index (χ1n) is 5.53. The Morgan fingerprint density at radius 3 is 2.61 bits per heavy atom. The Morgan fingerprint density at radius 1 is 1.44 bits per heavy atom. The van der Waals surface area contributed by atoms with E-state index in [-0.39, 0.29) is 16.2 Å². The molecule has 0 amide bonds. The van der Waals surface area contributed by atoms with Crippen LogP contribution < -0.4 is 4.72 Å². The third-order valence-corrected chi connectivity index (χ3v) is 4.83. The molecule has 1 atom stereocenters. The second-order valence-corrected chi connectivity index (χ2v) is 7.14. The number of nitrogens with zero attached hydrogens (tertiary/aromatic N) is 2. The molecule has 0 fully saturated rings. The van der Waals surface area contributed by atoms with Crippen LogP contribution in [0.5, 0.6) is 0 Å². The van der Waals surface area contributed by atoms with E-state index in [1.807, 2.05) is 6.92 Å². The maximum absolute atomic E-state index is 11.9. The Labute approximate surface area is 117 Å². The summed E-state index contributed by atoms with van der Waals surface area (Å²) in [6.07, 6.45) is 3.18. The van der Waals surface area contributed by atoms with E-state index in [1.165, 1.54) is 12.4 Å². The van der Waals surface area contributed by atoms with Crippen LogP contribution in [0, 0.1) is 0 Å². The van der Waals surface area contributed by atoms with Crippen LogP contribution in [0.2, 0.25) is 5.28 Å². The predicted octanol–water partition coefficient (Wildman–Crippen LogP) is 1.94. The van der Waals surface area contributed by atoms with Gasteiger partial charge in [-0.15, -0.1) is 0 Å². The molecule has 1 aromatic rings. The van der Waals surface area contributed by atoms with Crippen molar-refractivity contribution >= 4 is 33.4 Å². The van der Waals surface area contributed by atoms with Crippen molar-refractivity contribution in [2.45, 2.75) is 31.2 Å². The Hall–Kier alpha value is -0.370. The zero-order valence-corrected chi connectivity index (χ0v) is 12.6. The van der Waals surface area contributed by atoms with Gasteiger partial charge in [0.25, 0.3) is 0 Å². The summed E-state index contributed by atoms with van der Waals surface area (Å²) in [6, 6.07) is -0.121. The first-order valence-corrected chi connectivity index (χ1v) is 8.55. The van der Waals surface area contributed by atoms with Crippen LogP contribution in [0.15, 0.2) is 17.3 Å². The van der Waals surface area contributed by atoms with Gasteiger partial charge in [0.15, 0.2) is 0 Å². The fourth-order valence-corrected chi connectivity index (χ4v) is 3.31. The molecule has 8 heteroatoms. The highest BCUT2D eigenvalue weighted by atomic mass is 35.5. The van der Waals surface area contributed by atoms with Crippen molar-refractivity contribution in [2.75, 3.05) is 11.5 Å². The van der Waals surface area contributed by atoms with E-state index in [0.717, 1.165) is 17.9 Å². The average molecular weight is 310 g/mol. The second kappa shape index (κ2) is 7.28. The average Bonchev–Trinajstić information content (AvgIpc) is 2.29. The molecule has 5 nitrogen and oxygen atoms in total. The quantitative estimate of drug-likeness (QED) is 0.615. The summed E-state index contributed by atoms with van der Waals surface area (Å²) in [4.78, 5) is 7.35. The third kappa shape index (κ3) is 5.09. The van der Waals surface area contributed by atoms with Crippen molar-refractivity contribution in [3.05, 3.63) is 17.7 Å². The summed E-state index contributed by atoms with van der Waals surface area (Å²) in [5.74, 6) is 1.96. The molecular weight excluding hydrogens is 294 g/mol. The number of thioether (sulfide) groups is 1. The van der Waals surface area contributed by atoms with Gasteiger partial charge in [-0.2, -0.15) is 11.8 Å². The standard InChI is InChI=1S/C10H16ClN3O2S2/c1-3-17-5-4-8(2)14-18(15,16)9-6-12-10(11)13-7-9/h6-8,14H,3-5H2,1-2H3. The Balaban J connectivity index is 2.61. The van der Waals surface area contributed by atoms with Gasteiger partial charge in [-0.05, 0) is 36.5 Å². The van der Waals surface area contributed by atoms with Crippen molar-refractivity contribution in [2.24, 2.45) is 0 Å². The van der Waals surface area contributed by atoms with Gasteiger partial charge in [-0.3, -0.25) is 0 Å². The molecule has 0 aliphatic carbocycles. The van der Waals surface area contributed by atoms with E-state index in [0.29, 0.717) is 0 Å². The van der Waals surface area contributed by atoms with Crippen LogP contribution in [0.3, 0.4) is 0 Å². The summed E-state index contributed by atoms with van der Waals surface area (Å²) in [5.41, 5.74) is 0. The molecule has 0 radical (unpaired) electrons. The lowest BCUT2D eigenvalue weighted by Gasteiger charge is -2.13. The highest BCUT2D eigenvalue weighted by molar-refractivity contribution is 7.99. The number of hydrogen-bond acceptors (Lipinski definition) is 5. The largest absolute Gasteiger partial charge is 0.243 e. The molecule has 18 heavy (non-hydrogen) atoms. The lowest BCUT2D eigenvalue weighted by Crippen LogP contribution is -2.33. The third-order valence-electron chi connectivity index (χ3n) is 2.16. The summed E-state index contributed by atoms with van der Waals surface area (Å²) in [5, 5.41) is 0.0290. The van der Waals surface area contributed by atoms with Gasteiger partial charge >= 0.3 is 0 Å². The zero-order valence-electron chi connectivity index (χ0n) is 10.3. The van der Waals surface area contributed by atoms with E-state index in [1.54, 1.807) is 11.8 Å².